The van der Waals surface area contributed by atoms with Gasteiger partial charge in [0.2, 0.25) is 0 Å². The zero-order valence-corrected chi connectivity index (χ0v) is 13.2. The first kappa shape index (κ1) is 15.0. The number of sulfonamides is 1. The van der Waals surface area contributed by atoms with Crippen molar-refractivity contribution in [2.45, 2.75) is 56.2 Å². The lowest BCUT2D eigenvalue weighted by atomic mass is 9.72. The molecule has 1 saturated heterocycles. The van der Waals surface area contributed by atoms with Crippen molar-refractivity contribution < 1.29 is 13.5 Å². The van der Waals surface area contributed by atoms with Crippen LogP contribution in [0.2, 0.25) is 0 Å². The van der Waals surface area contributed by atoms with E-state index in [1.807, 2.05) is 6.92 Å². The highest BCUT2D eigenvalue weighted by Gasteiger charge is 2.45. The summed E-state index contributed by atoms with van der Waals surface area (Å²) in [5, 5.41) is 10.8. The zero-order valence-electron chi connectivity index (χ0n) is 12.4. The highest BCUT2D eigenvalue weighted by atomic mass is 32.2. The molecule has 0 spiro atoms. The van der Waals surface area contributed by atoms with E-state index in [1.54, 1.807) is 17.1 Å². The molecular weight excluding hydrogens is 290 g/mol. The van der Waals surface area contributed by atoms with Gasteiger partial charge in [-0.15, -0.1) is 0 Å². The van der Waals surface area contributed by atoms with Crippen LogP contribution < -0.4 is 0 Å². The van der Waals surface area contributed by atoms with Gasteiger partial charge in [0.05, 0.1) is 11.9 Å². The first-order chi connectivity index (χ1) is 9.95. The van der Waals surface area contributed by atoms with Crippen molar-refractivity contribution in [2.24, 2.45) is 5.92 Å². The second-order valence-electron chi connectivity index (χ2n) is 6.20. The average Bonchev–Trinajstić information content (AvgIpc) is 2.95. The second-order valence-corrected chi connectivity index (χ2v) is 8.09. The number of imidazole rings is 1. The van der Waals surface area contributed by atoms with E-state index in [0.717, 1.165) is 25.7 Å². The summed E-state index contributed by atoms with van der Waals surface area (Å²) in [4.78, 5) is 4.03. The second kappa shape index (κ2) is 5.37. The molecule has 1 N–H and O–H groups in total. The van der Waals surface area contributed by atoms with Crippen LogP contribution in [0.5, 0.6) is 0 Å². The van der Waals surface area contributed by atoms with E-state index >= 15 is 0 Å². The van der Waals surface area contributed by atoms with Gasteiger partial charge in [-0.2, -0.15) is 4.31 Å². The largest absolute Gasteiger partial charge is 0.390 e. The summed E-state index contributed by atoms with van der Waals surface area (Å²) in [5.41, 5.74) is -0.660. The molecule has 118 valence electrons. The lowest BCUT2D eigenvalue weighted by Gasteiger charge is -2.46. The number of aromatic nitrogens is 2. The van der Waals surface area contributed by atoms with E-state index < -0.39 is 15.6 Å². The van der Waals surface area contributed by atoms with Gasteiger partial charge < -0.3 is 9.67 Å². The number of aliphatic hydroxyl groups is 1. The first-order valence-corrected chi connectivity index (χ1v) is 9.14. The molecule has 1 aromatic heterocycles. The summed E-state index contributed by atoms with van der Waals surface area (Å²) in [6.45, 7) is 3.44. The number of hydrogen-bond acceptors (Lipinski definition) is 4. The molecule has 0 amide bonds. The van der Waals surface area contributed by atoms with Crippen LogP contribution in [-0.2, 0) is 16.6 Å². The van der Waals surface area contributed by atoms with Crippen molar-refractivity contribution in [3.63, 3.8) is 0 Å². The predicted molar refractivity (Wildman–Crippen MR) is 78.2 cm³/mol. The van der Waals surface area contributed by atoms with Crippen LogP contribution in [-0.4, -0.2) is 46.1 Å². The van der Waals surface area contributed by atoms with Crippen LogP contribution in [0.3, 0.4) is 0 Å². The molecule has 2 heterocycles. The zero-order chi connectivity index (χ0) is 15.1. The Labute approximate surface area is 125 Å². The Hall–Kier alpha value is -0.920. The minimum absolute atomic E-state index is 0.0584. The van der Waals surface area contributed by atoms with E-state index in [1.165, 1.54) is 4.31 Å². The van der Waals surface area contributed by atoms with Crippen molar-refractivity contribution in [1.82, 2.24) is 13.9 Å². The summed E-state index contributed by atoms with van der Waals surface area (Å²) in [6, 6.07) is 0. The molecule has 0 bridgehead atoms. The van der Waals surface area contributed by atoms with E-state index in [9.17, 15) is 13.5 Å². The monoisotopic (exact) mass is 313 g/mol. The topological polar surface area (TPSA) is 75.4 Å². The van der Waals surface area contributed by atoms with E-state index in [4.69, 9.17) is 0 Å². The maximum Gasteiger partial charge on any atom is 0.262 e. The Morgan fingerprint density at radius 1 is 1.43 bits per heavy atom. The highest BCUT2D eigenvalue weighted by Crippen LogP contribution is 2.40. The normalized spacial score (nSPS) is 31.0. The van der Waals surface area contributed by atoms with Crippen molar-refractivity contribution in [1.29, 1.82) is 0 Å². The van der Waals surface area contributed by atoms with Gasteiger partial charge in [0.25, 0.3) is 10.0 Å². The number of fused-ring (bicyclic) bond motifs is 1. The van der Waals surface area contributed by atoms with Gasteiger partial charge in [-0.3, -0.25) is 0 Å². The van der Waals surface area contributed by atoms with Gasteiger partial charge in [0.15, 0.2) is 5.03 Å². The fourth-order valence-corrected chi connectivity index (χ4v) is 4.96. The van der Waals surface area contributed by atoms with Crippen LogP contribution in [0.15, 0.2) is 17.6 Å². The SMILES string of the molecule is CCn1cnc(S(=O)(=O)N2CCC3(O)CCCCC3C2)c1. The summed E-state index contributed by atoms with van der Waals surface area (Å²) in [6.07, 6.45) is 7.49. The van der Waals surface area contributed by atoms with Crippen molar-refractivity contribution in [3.05, 3.63) is 12.5 Å². The number of hydrogen-bond donors (Lipinski definition) is 1. The molecule has 0 aromatic carbocycles. The average molecular weight is 313 g/mol. The quantitative estimate of drug-likeness (QED) is 0.910. The van der Waals surface area contributed by atoms with Crippen LogP contribution in [0.25, 0.3) is 0 Å². The number of nitrogens with zero attached hydrogens (tertiary/aromatic N) is 3. The third-order valence-electron chi connectivity index (χ3n) is 4.97. The number of aryl methyl sites for hydroxylation is 1. The van der Waals surface area contributed by atoms with Gasteiger partial charge in [-0.05, 0) is 26.2 Å². The summed E-state index contributed by atoms with van der Waals surface area (Å²) < 4.78 is 28.6. The van der Waals surface area contributed by atoms with Gasteiger partial charge in [0.1, 0.15) is 0 Å². The van der Waals surface area contributed by atoms with Gasteiger partial charge in [-0.1, -0.05) is 12.8 Å². The van der Waals surface area contributed by atoms with Crippen molar-refractivity contribution in [2.75, 3.05) is 13.1 Å². The predicted octanol–water partition coefficient (Wildman–Crippen LogP) is 1.22. The summed E-state index contributed by atoms with van der Waals surface area (Å²) in [7, 11) is -3.54. The molecule has 2 atom stereocenters. The molecule has 6 nitrogen and oxygen atoms in total. The molecule has 0 radical (unpaired) electrons. The van der Waals surface area contributed by atoms with Gasteiger partial charge in [0, 0.05) is 31.7 Å². The van der Waals surface area contributed by atoms with Crippen LogP contribution in [0.4, 0.5) is 0 Å². The first-order valence-electron chi connectivity index (χ1n) is 7.70. The van der Waals surface area contributed by atoms with Crippen LogP contribution in [0, 0.1) is 5.92 Å². The number of rotatable bonds is 3. The van der Waals surface area contributed by atoms with Crippen LogP contribution in [0.1, 0.15) is 39.0 Å². The third-order valence-corrected chi connectivity index (χ3v) is 6.72. The highest BCUT2D eigenvalue weighted by molar-refractivity contribution is 7.89. The lowest BCUT2D eigenvalue weighted by molar-refractivity contribution is -0.0816. The Morgan fingerprint density at radius 2 is 2.24 bits per heavy atom. The van der Waals surface area contributed by atoms with E-state index in [-0.39, 0.29) is 10.9 Å². The molecule has 7 heteroatoms. The number of piperidine rings is 1. The smallest absolute Gasteiger partial charge is 0.262 e. The fraction of sp³-hybridized carbons (Fsp3) is 0.786. The Bertz CT molecular complexity index is 613. The summed E-state index contributed by atoms with van der Waals surface area (Å²) in [5.74, 6) is 0.0584. The van der Waals surface area contributed by atoms with Gasteiger partial charge in [-0.25, -0.2) is 13.4 Å². The third kappa shape index (κ3) is 2.62. The molecule has 1 saturated carbocycles. The van der Waals surface area contributed by atoms with E-state index in [2.05, 4.69) is 4.98 Å². The Balaban J connectivity index is 1.81. The Morgan fingerprint density at radius 3 is 2.95 bits per heavy atom. The molecule has 1 aliphatic carbocycles. The van der Waals surface area contributed by atoms with E-state index in [0.29, 0.717) is 26.1 Å². The standard InChI is InChI=1S/C14H23N3O3S/c1-2-16-10-13(15-11-16)21(19,20)17-8-7-14(18)6-4-3-5-12(14)9-17/h10-12,18H,2-9H2,1H3. The molecule has 1 aromatic rings. The van der Waals surface area contributed by atoms with Crippen LogP contribution >= 0.6 is 0 Å². The fourth-order valence-electron chi connectivity index (χ4n) is 3.54. The minimum Gasteiger partial charge on any atom is -0.390 e. The maximum absolute atomic E-state index is 12.7. The molecular formula is C14H23N3O3S. The molecule has 2 unspecified atom stereocenters. The lowest BCUT2D eigenvalue weighted by Crippen LogP contribution is -2.54. The van der Waals surface area contributed by atoms with Crippen molar-refractivity contribution >= 4 is 10.0 Å². The molecule has 2 fully saturated rings. The van der Waals surface area contributed by atoms with Crippen molar-refractivity contribution in [3.8, 4) is 0 Å². The summed E-state index contributed by atoms with van der Waals surface area (Å²) >= 11 is 0. The molecule has 1 aliphatic heterocycles. The molecule has 2 aliphatic rings. The van der Waals surface area contributed by atoms with Gasteiger partial charge >= 0.3 is 0 Å². The minimum atomic E-state index is -3.54. The molecule has 3 rings (SSSR count). The maximum atomic E-state index is 12.7. The Kier molecular flexibility index (Phi) is 3.83. The molecule has 21 heavy (non-hydrogen) atoms.